The van der Waals surface area contributed by atoms with Crippen LogP contribution in [0.2, 0.25) is 0 Å². The number of aliphatic hydroxyl groups is 4. The van der Waals surface area contributed by atoms with Crippen LogP contribution >= 0.6 is 0 Å². The molecule has 0 aromatic rings. The van der Waals surface area contributed by atoms with E-state index < -0.39 is 35.8 Å². The van der Waals surface area contributed by atoms with Gasteiger partial charge in [0.1, 0.15) is 22.9 Å². The highest BCUT2D eigenvalue weighted by Gasteiger charge is 2.65. The van der Waals surface area contributed by atoms with E-state index in [1.165, 1.54) is 27.9 Å². The van der Waals surface area contributed by atoms with Gasteiger partial charge in [0, 0.05) is 7.11 Å². The van der Waals surface area contributed by atoms with Gasteiger partial charge in [-0.1, -0.05) is 0 Å². The minimum Gasteiger partial charge on any atom is -0.394 e. The lowest BCUT2D eigenvalue weighted by atomic mass is 9.68. The Morgan fingerprint density at radius 3 is 2.00 bits per heavy atom. The molecule has 4 N–H and O–H groups in total. The van der Waals surface area contributed by atoms with Crippen LogP contribution in [0.1, 0.15) is 20.8 Å². The molecule has 1 saturated heterocycles. The van der Waals surface area contributed by atoms with Gasteiger partial charge in [0.15, 0.2) is 6.29 Å². The predicted molar refractivity (Wildman–Crippen MR) is 54.6 cm³/mol. The van der Waals surface area contributed by atoms with Crippen molar-refractivity contribution in [3.8, 4) is 0 Å². The molecule has 6 nitrogen and oxygen atoms in total. The van der Waals surface area contributed by atoms with E-state index in [0.717, 1.165) is 0 Å². The summed E-state index contributed by atoms with van der Waals surface area (Å²) in [5.41, 5.74) is -5.47. The first-order valence-electron chi connectivity index (χ1n) is 5.09. The molecule has 0 saturated carbocycles. The molecule has 1 aliphatic rings. The lowest BCUT2D eigenvalue weighted by Gasteiger charge is -2.56. The molecule has 0 aromatic heterocycles. The molecule has 1 heterocycles. The van der Waals surface area contributed by atoms with Crippen LogP contribution in [0.15, 0.2) is 0 Å². The SMILES string of the molecule is CO[C@@H]1O[C@H](CO)[C@@](C)(O)[C@](C)(O)[C@@]1(C)O. The number of rotatable bonds is 2. The third kappa shape index (κ3) is 1.57. The fourth-order valence-electron chi connectivity index (χ4n) is 1.98. The summed E-state index contributed by atoms with van der Waals surface area (Å²) in [7, 11) is 1.31. The first kappa shape index (κ1) is 13.8. The van der Waals surface area contributed by atoms with Crippen LogP contribution in [0.3, 0.4) is 0 Å². The second kappa shape index (κ2) is 3.90. The molecule has 1 aliphatic heterocycles. The van der Waals surface area contributed by atoms with Crippen LogP contribution in [-0.2, 0) is 9.47 Å². The Balaban J connectivity index is 3.18. The zero-order chi connectivity index (χ0) is 12.8. The summed E-state index contributed by atoms with van der Waals surface area (Å²) in [5, 5.41) is 39.7. The predicted octanol–water partition coefficient (Wildman–Crippen LogP) is -1.40. The Bertz CT molecular complexity index is 236. The van der Waals surface area contributed by atoms with Crippen molar-refractivity contribution in [1.29, 1.82) is 0 Å². The number of hydrogen-bond acceptors (Lipinski definition) is 6. The maximum absolute atomic E-state index is 10.3. The summed E-state index contributed by atoms with van der Waals surface area (Å²) in [5.74, 6) is 0. The van der Waals surface area contributed by atoms with Gasteiger partial charge >= 0.3 is 0 Å². The van der Waals surface area contributed by atoms with E-state index in [4.69, 9.17) is 14.6 Å². The maximum Gasteiger partial charge on any atom is 0.189 e. The number of methoxy groups -OCH3 is 1. The zero-order valence-corrected chi connectivity index (χ0v) is 9.97. The third-order valence-electron chi connectivity index (χ3n) is 3.72. The highest BCUT2D eigenvalue weighted by Crippen LogP contribution is 2.44. The van der Waals surface area contributed by atoms with E-state index in [0.29, 0.717) is 0 Å². The van der Waals surface area contributed by atoms with E-state index in [1.807, 2.05) is 0 Å². The van der Waals surface area contributed by atoms with Crippen LogP contribution < -0.4 is 0 Å². The van der Waals surface area contributed by atoms with Gasteiger partial charge in [0.05, 0.1) is 6.61 Å². The largest absolute Gasteiger partial charge is 0.394 e. The Morgan fingerprint density at radius 1 is 1.12 bits per heavy atom. The second-order valence-electron chi connectivity index (χ2n) is 4.74. The van der Waals surface area contributed by atoms with E-state index in [-0.39, 0.29) is 0 Å². The van der Waals surface area contributed by atoms with Gasteiger partial charge in [0.25, 0.3) is 0 Å². The molecular formula is C10H20O6. The molecule has 1 rings (SSSR count). The van der Waals surface area contributed by atoms with Gasteiger partial charge in [-0.25, -0.2) is 0 Å². The average molecular weight is 236 g/mol. The third-order valence-corrected chi connectivity index (χ3v) is 3.72. The lowest BCUT2D eigenvalue weighted by molar-refractivity contribution is -0.386. The minimum absolute atomic E-state index is 0.487. The molecule has 0 amide bonds. The van der Waals surface area contributed by atoms with Crippen LogP contribution in [0.5, 0.6) is 0 Å². The highest BCUT2D eigenvalue weighted by molar-refractivity contribution is 5.13. The monoisotopic (exact) mass is 236 g/mol. The van der Waals surface area contributed by atoms with Gasteiger partial charge in [-0.15, -0.1) is 0 Å². The first-order valence-corrected chi connectivity index (χ1v) is 5.09. The topological polar surface area (TPSA) is 99.4 Å². The smallest absolute Gasteiger partial charge is 0.189 e. The van der Waals surface area contributed by atoms with Crippen molar-refractivity contribution in [2.75, 3.05) is 13.7 Å². The van der Waals surface area contributed by atoms with E-state index in [1.54, 1.807) is 0 Å². The fourth-order valence-corrected chi connectivity index (χ4v) is 1.98. The number of aliphatic hydroxyl groups excluding tert-OH is 1. The van der Waals surface area contributed by atoms with Crippen LogP contribution in [0.4, 0.5) is 0 Å². The summed E-state index contributed by atoms with van der Waals surface area (Å²) in [6, 6.07) is 0. The van der Waals surface area contributed by atoms with Gasteiger partial charge in [-0.2, -0.15) is 0 Å². The number of hydrogen-bond donors (Lipinski definition) is 4. The Kier molecular flexibility index (Phi) is 3.37. The van der Waals surface area contributed by atoms with Gasteiger partial charge in [0.2, 0.25) is 0 Å². The molecule has 0 spiro atoms. The molecule has 0 bridgehead atoms. The molecule has 0 aromatic carbocycles. The van der Waals surface area contributed by atoms with Crippen molar-refractivity contribution in [2.45, 2.75) is 50.0 Å². The van der Waals surface area contributed by atoms with Gasteiger partial charge in [-0.3, -0.25) is 0 Å². The molecule has 6 heteroatoms. The van der Waals surface area contributed by atoms with Crippen molar-refractivity contribution < 1.29 is 29.9 Å². The van der Waals surface area contributed by atoms with Gasteiger partial charge < -0.3 is 29.9 Å². The van der Waals surface area contributed by atoms with Crippen molar-refractivity contribution in [3.05, 3.63) is 0 Å². The van der Waals surface area contributed by atoms with Crippen molar-refractivity contribution in [3.63, 3.8) is 0 Å². The summed E-state index contributed by atoms with van der Waals surface area (Å²) >= 11 is 0. The molecular weight excluding hydrogens is 216 g/mol. The lowest BCUT2D eigenvalue weighted by Crippen LogP contribution is -2.77. The van der Waals surface area contributed by atoms with Gasteiger partial charge in [-0.05, 0) is 20.8 Å². The fraction of sp³-hybridized carbons (Fsp3) is 1.00. The summed E-state index contributed by atoms with van der Waals surface area (Å²) in [4.78, 5) is 0. The van der Waals surface area contributed by atoms with Crippen molar-refractivity contribution >= 4 is 0 Å². The summed E-state index contributed by atoms with van der Waals surface area (Å²) in [6.07, 6.45) is -2.16. The highest BCUT2D eigenvalue weighted by atomic mass is 16.7. The number of ether oxygens (including phenoxy) is 2. The molecule has 96 valence electrons. The van der Waals surface area contributed by atoms with Crippen LogP contribution in [-0.4, -0.2) is 63.3 Å². The normalized spacial score (nSPS) is 54.0. The zero-order valence-electron chi connectivity index (χ0n) is 9.97. The molecule has 0 radical (unpaired) electrons. The quantitative estimate of drug-likeness (QED) is 0.471. The summed E-state index contributed by atoms with van der Waals surface area (Å²) in [6.45, 7) is 3.40. The van der Waals surface area contributed by atoms with E-state index in [2.05, 4.69) is 0 Å². The molecule has 5 atom stereocenters. The minimum atomic E-state index is -1.88. The molecule has 0 unspecified atom stereocenters. The van der Waals surface area contributed by atoms with Crippen LogP contribution in [0, 0.1) is 0 Å². The molecule has 1 fully saturated rings. The first-order chi connectivity index (χ1) is 7.12. The van der Waals surface area contributed by atoms with Crippen molar-refractivity contribution in [2.24, 2.45) is 0 Å². The average Bonchev–Trinajstić information content (AvgIpc) is 2.16. The van der Waals surface area contributed by atoms with E-state index in [9.17, 15) is 15.3 Å². The molecule has 0 aliphatic carbocycles. The van der Waals surface area contributed by atoms with E-state index >= 15 is 0 Å². The maximum atomic E-state index is 10.3. The second-order valence-corrected chi connectivity index (χ2v) is 4.74. The van der Waals surface area contributed by atoms with Crippen molar-refractivity contribution in [1.82, 2.24) is 0 Å². The Morgan fingerprint density at radius 2 is 1.62 bits per heavy atom. The summed E-state index contributed by atoms with van der Waals surface area (Å²) < 4.78 is 10.1. The standard InChI is InChI=1S/C10H20O6/c1-8(12)6(5-11)16-7(15-4)9(2,13)10(8,3)14/h6-7,11-14H,5H2,1-4H3/t6-,7-,8-,9+,10+/m1/s1. The Hall–Kier alpha value is -0.240. The Labute approximate surface area is 94.4 Å². The van der Waals surface area contributed by atoms with Crippen LogP contribution in [0.25, 0.3) is 0 Å². The molecule has 16 heavy (non-hydrogen) atoms.